The van der Waals surface area contributed by atoms with Crippen molar-refractivity contribution in [2.24, 2.45) is 4.99 Å². The lowest BCUT2D eigenvalue weighted by molar-refractivity contribution is 0.0711. The predicted molar refractivity (Wildman–Crippen MR) is 127 cm³/mol. The van der Waals surface area contributed by atoms with Gasteiger partial charge in [0.05, 0.1) is 6.54 Å². The van der Waals surface area contributed by atoms with E-state index in [2.05, 4.69) is 20.7 Å². The molecule has 1 atom stereocenters. The quantitative estimate of drug-likeness (QED) is 0.208. The summed E-state index contributed by atoms with van der Waals surface area (Å²) in [7, 11) is 0. The highest BCUT2D eigenvalue weighted by atomic mass is 127. The topological polar surface area (TPSA) is 96.5 Å². The second kappa shape index (κ2) is 11.1. The number of nitrogens with one attached hydrogen (secondary N) is 2. The third-order valence-corrected chi connectivity index (χ3v) is 5.93. The molecule has 3 rings (SSSR count). The van der Waals surface area contributed by atoms with Crippen LogP contribution in [0.2, 0.25) is 0 Å². The molecule has 10 heteroatoms. The third-order valence-electron chi connectivity index (χ3n) is 4.81. The smallest absolute Gasteiger partial charge is 0.345 e. The molecule has 3 heterocycles. The molecule has 162 valence electrons. The Morgan fingerprint density at radius 3 is 2.93 bits per heavy atom. The Balaban J connectivity index is 0.00000300. The van der Waals surface area contributed by atoms with Gasteiger partial charge in [-0.05, 0) is 44.6 Å². The number of hydrogen-bond donors (Lipinski definition) is 3. The minimum absolute atomic E-state index is 0. The van der Waals surface area contributed by atoms with Crippen LogP contribution >= 0.6 is 35.3 Å². The Labute approximate surface area is 192 Å². The first-order valence-corrected chi connectivity index (χ1v) is 10.8. The molecule has 0 spiro atoms. The molecule has 0 saturated carbocycles. The summed E-state index contributed by atoms with van der Waals surface area (Å²) in [5.74, 6) is 1.57. The summed E-state index contributed by atoms with van der Waals surface area (Å²) < 4.78 is 3.38. The van der Waals surface area contributed by atoms with Crippen LogP contribution < -0.4 is 16.3 Å². The van der Waals surface area contributed by atoms with Crippen molar-refractivity contribution in [2.45, 2.75) is 58.2 Å². The van der Waals surface area contributed by atoms with Gasteiger partial charge >= 0.3 is 5.69 Å². The minimum atomic E-state index is -0.987. The molecule has 0 saturated heterocycles. The molecule has 0 aromatic carbocycles. The van der Waals surface area contributed by atoms with Crippen LogP contribution in [0.25, 0.3) is 0 Å². The fourth-order valence-corrected chi connectivity index (χ4v) is 4.05. The van der Waals surface area contributed by atoms with E-state index >= 15 is 0 Å². The molecule has 2 aromatic heterocycles. The second-order valence-corrected chi connectivity index (χ2v) is 8.21. The third kappa shape index (κ3) is 6.29. The van der Waals surface area contributed by atoms with Gasteiger partial charge in [0.25, 0.3) is 0 Å². The first-order chi connectivity index (χ1) is 13.5. The summed E-state index contributed by atoms with van der Waals surface area (Å²) in [5.41, 5.74) is -0.985. The summed E-state index contributed by atoms with van der Waals surface area (Å²) >= 11 is 1.53. The zero-order valence-electron chi connectivity index (χ0n) is 17.1. The van der Waals surface area contributed by atoms with Crippen molar-refractivity contribution in [1.29, 1.82) is 0 Å². The molecule has 0 amide bonds. The van der Waals surface area contributed by atoms with Gasteiger partial charge in [-0.1, -0.05) is 6.07 Å². The first-order valence-electron chi connectivity index (χ1n) is 9.96. The normalized spacial score (nSPS) is 15.9. The van der Waals surface area contributed by atoms with E-state index in [1.165, 1.54) is 11.3 Å². The highest BCUT2D eigenvalue weighted by Crippen LogP contribution is 2.25. The predicted octanol–water partition coefficient (Wildman–Crippen LogP) is 1.91. The van der Waals surface area contributed by atoms with E-state index in [-0.39, 0.29) is 36.2 Å². The van der Waals surface area contributed by atoms with Crippen molar-refractivity contribution in [3.63, 3.8) is 0 Å². The molecule has 2 aromatic rings. The number of fused-ring (bicyclic) bond motifs is 1. The van der Waals surface area contributed by atoms with E-state index < -0.39 is 5.60 Å². The minimum Gasteiger partial charge on any atom is -0.383 e. The van der Waals surface area contributed by atoms with Crippen molar-refractivity contribution < 1.29 is 5.11 Å². The summed E-state index contributed by atoms with van der Waals surface area (Å²) in [6.07, 6.45) is 3.82. The zero-order chi connectivity index (χ0) is 20.0. The van der Waals surface area contributed by atoms with E-state index in [4.69, 9.17) is 0 Å². The van der Waals surface area contributed by atoms with Gasteiger partial charge in [-0.3, -0.25) is 4.57 Å². The maximum Gasteiger partial charge on any atom is 0.345 e. The van der Waals surface area contributed by atoms with Gasteiger partial charge in [0.2, 0.25) is 0 Å². The molecule has 1 aliphatic heterocycles. The van der Waals surface area contributed by atoms with Crippen LogP contribution in [0, 0.1) is 0 Å². The van der Waals surface area contributed by atoms with Crippen molar-refractivity contribution in [3.8, 4) is 0 Å². The van der Waals surface area contributed by atoms with Gasteiger partial charge in [0.1, 0.15) is 11.4 Å². The molecule has 1 aliphatic rings. The molecule has 8 nitrogen and oxygen atoms in total. The Bertz CT molecular complexity index is 844. The lowest BCUT2D eigenvalue weighted by Crippen LogP contribution is -2.39. The molecule has 0 bridgehead atoms. The zero-order valence-corrected chi connectivity index (χ0v) is 20.2. The van der Waals surface area contributed by atoms with Gasteiger partial charge in [0, 0.05) is 37.5 Å². The molecular weight excluding hydrogens is 503 g/mol. The maximum absolute atomic E-state index is 12.3. The second-order valence-electron chi connectivity index (χ2n) is 7.26. The Morgan fingerprint density at radius 1 is 1.41 bits per heavy atom. The van der Waals surface area contributed by atoms with Gasteiger partial charge < -0.3 is 15.7 Å². The number of aromatic nitrogens is 3. The monoisotopic (exact) mass is 534 g/mol. The molecule has 0 fully saturated rings. The number of guanidine groups is 1. The molecule has 0 radical (unpaired) electrons. The van der Waals surface area contributed by atoms with Crippen molar-refractivity contribution in [2.75, 3.05) is 19.6 Å². The van der Waals surface area contributed by atoms with Gasteiger partial charge in [-0.15, -0.1) is 35.3 Å². The highest BCUT2D eigenvalue weighted by Gasteiger charge is 2.24. The average Bonchev–Trinajstić information content (AvgIpc) is 3.33. The van der Waals surface area contributed by atoms with Crippen LogP contribution in [0.4, 0.5) is 0 Å². The van der Waals surface area contributed by atoms with Crippen LogP contribution in [0.5, 0.6) is 0 Å². The number of hydrogen-bond acceptors (Lipinski definition) is 5. The highest BCUT2D eigenvalue weighted by molar-refractivity contribution is 14.0. The summed E-state index contributed by atoms with van der Waals surface area (Å²) in [5, 5.41) is 23.5. The van der Waals surface area contributed by atoms with Gasteiger partial charge in [-0.2, -0.15) is 5.10 Å². The number of aliphatic imine (C=N–C) groups is 1. The maximum atomic E-state index is 12.3. The largest absolute Gasteiger partial charge is 0.383 e. The number of thiophene rings is 1. The standard InChI is InChI=1S/C19H30N6O2S.HI/c1-3-20-17(22-14-19(2,27)15-8-6-13-28-15)21-10-7-12-25-18(26)24-11-5-4-9-16(24)23-25;/h6,8,13,27H,3-5,7,9-12,14H2,1-2H3,(H2,20,21,22);1H. The number of aryl methyl sites for hydroxylation is 2. The molecular formula is C19H31IN6O2S. The van der Waals surface area contributed by atoms with Crippen molar-refractivity contribution in [3.05, 3.63) is 38.7 Å². The number of nitrogens with zero attached hydrogens (tertiary/aromatic N) is 4. The van der Waals surface area contributed by atoms with Crippen LogP contribution in [0.1, 0.15) is 43.8 Å². The van der Waals surface area contributed by atoms with Crippen LogP contribution in [0.3, 0.4) is 0 Å². The van der Waals surface area contributed by atoms with E-state index in [9.17, 15) is 9.90 Å². The molecule has 29 heavy (non-hydrogen) atoms. The Morgan fingerprint density at radius 2 is 2.24 bits per heavy atom. The van der Waals surface area contributed by atoms with Gasteiger partial charge in [0.15, 0.2) is 5.96 Å². The fraction of sp³-hybridized carbons (Fsp3) is 0.632. The van der Waals surface area contributed by atoms with Crippen molar-refractivity contribution >= 4 is 41.3 Å². The van der Waals surface area contributed by atoms with Crippen LogP contribution in [-0.2, 0) is 25.1 Å². The molecule has 3 N–H and O–H groups in total. The fourth-order valence-electron chi connectivity index (χ4n) is 3.27. The Hall–Kier alpha value is -1.40. The summed E-state index contributed by atoms with van der Waals surface area (Å²) in [6.45, 7) is 6.83. The summed E-state index contributed by atoms with van der Waals surface area (Å²) in [6, 6.07) is 3.85. The van der Waals surface area contributed by atoms with E-state index in [0.29, 0.717) is 19.0 Å². The molecule has 1 unspecified atom stereocenters. The van der Waals surface area contributed by atoms with Gasteiger partial charge in [-0.25, -0.2) is 14.5 Å². The molecule has 0 aliphatic carbocycles. The number of halogens is 1. The number of rotatable bonds is 8. The van der Waals surface area contributed by atoms with E-state index in [0.717, 1.165) is 49.5 Å². The first kappa shape index (κ1) is 23.9. The van der Waals surface area contributed by atoms with Crippen LogP contribution in [-0.4, -0.2) is 45.0 Å². The SMILES string of the molecule is CCNC(=NCC(C)(O)c1cccs1)NCCCn1nc2n(c1=O)CCCC2.I. The lowest BCUT2D eigenvalue weighted by Gasteiger charge is -2.20. The van der Waals surface area contributed by atoms with Crippen molar-refractivity contribution in [1.82, 2.24) is 25.0 Å². The van der Waals surface area contributed by atoms with E-state index in [1.807, 2.05) is 24.4 Å². The van der Waals surface area contributed by atoms with Crippen LogP contribution in [0.15, 0.2) is 27.3 Å². The Kier molecular flexibility index (Phi) is 9.15. The summed E-state index contributed by atoms with van der Waals surface area (Å²) in [4.78, 5) is 17.8. The lowest BCUT2D eigenvalue weighted by atomic mass is 10.1. The van der Waals surface area contributed by atoms with E-state index in [1.54, 1.807) is 16.2 Å². The number of aliphatic hydroxyl groups is 1. The average molecular weight is 534 g/mol.